The number of ether oxygens (including phenoxy) is 1. The van der Waals surface area contributed by atoms with E-state index in [-0.39, 0.29) is 17.1 Å². The number of aromatic hydroxyl groups is 1. The second kappa shape index (κ2) is 5.00. The molecule has 1 saturated carbocycles. The molecule has 1 N–H and O–H groups in total. The molecule has 1 saturated heterocycles. The van der Waals surface area contributed by atoms with E-state index >= 15 is 0 Å². The lowest BCUT2D eigenvalue weighted by Crippen LogP contribution is -2.57. The molecule has 7 heteroatoms. The van der Waals surface area contributed by atoms with E-state index in [1.165, 1.54) is 18.2 Å². The number of nitro groups is 1. The summed E-state index contributed by atoms with van der Waals surface area (Å²) in [6.45, 7) is 1.37. The quantitative estimate of drug-likeness (QED) is 0.661. The van der Waals surface area contributed by atoms with Crippen LogP contribution in [-0.2, 0) is 4.74 Å². The number of hydrogen-bond donors (Lipinski definition) is 1. The van der Waals surface area contributed by atoms with Gasteiger partial charge < -0.3 is 14.7 Å². The third-order valence-corrected chi connectivity index (χ3v) is 4.24. The molecule has 1 aromatic carbocycles. The fraction of sp³-hybridized carbons (Fsp3) is 0.500. The minimum Gasteiger partial charge on any atom is -0.502 e. The van der Waals surface area contributed by atoms with E-state index in [9.17, 15) is 20.0 Å². The van der Waals surface area contributed by atoms with Crippen molar-refractivity contribution in [3.8, 4) is 5.75 Å². The molecule has 0 unspecified atom stereocenters. The summed E-state index contributed by atoms with van der Waals surface area (Å²) in [6.07, 6.45) is 2.94. The number of benzene rings is 1. The molecule has 0 atom stereocenters. The molecular formula is C14H16N2O5. The Labute approximate surface area is 121 Å². The first kappa shape index (κ1) is 13.8. The summed E-state index contributed by atoms with van der Waals surface area (Å²) in [4.78, 5) is 24.3. The van der Waals surface area contributed by atoms with Gasteiger partial charge in [0.2, 0.25) is 5.75 Å². The second-order valence-corrected chi connectivity index (χ2v) is 5.54. The van der Waals surface area contributed by atoms with Gasteiger partial charge in [0.15, 0.2) is 0 Å². The summed E-state index contributed by atoms with van der Waals surface area (Å²) in [6, 6.07) is 4.00. The summed E-state index contributed by atoms with van der Waals surface area (Å²) in [5.41, 5.74) is -0.724. The van der Waals surface area contributed by atoms with Crippen molar-refractivity contribution in [2.24, 2.45) is 0 Å². The van der Waals surface area contributed by atoms with Gasteiger partial charge in [-0.1, -0.05) is 6.07 Å². The van der Waals surface area contributed by atoms with Crippen LogP contribution < -0.4 is 0 Å². The number of carbonyl (C=O) groups excluding carboxylic acids is 1. The molecule has 0 bridgehead atoms. The Bertz CT molecular complexity index is 597. The number of amides is 1. The molecule has 0 aromatic heterocycles. The van der Waals surface area contributed by atoms with Crippen LogP contribution in [0.3, 0.4) is 0 Å². The van der Waals surface area contributed by atoms with Gasteiger partial charge in [0, 0.05) is 12.6 Å². The molecule has 7 nitrogen and oxygen atoms in total. The Kier molecular flexibility index (Phi) is 3.29. The van der Waals surface area contributed by atoms with Gasteiger partial charge in [-0.25, -0.2) is 0 Å². The summed E-state index contributed by atoms with van der Waals surface area (Å²) >= 11 is 0. The summed E-state index contributed by atoms with van der Waals surface area (Å²) in [5.74, 6) is -0.951. The number of carbonyl (C=O) groups is 1. The number of hydrogen-bond acceptors (Lipinski definition) is 5. The number of nitrogens with zero attached hydrogens (tertiary/aromatic N) is 2. The number of phenolic OH excluding ortho intramolecular Hbond substituents is 1. The Morgan fingerprint density at radius 1 is 1.43 bits per heavy atom. The van der Waals surface area contributed by atoms with Crippen LogP contribution in [0.25, 0.3) is 0 Å². The van der Waals surface area contributed by atoms with E-state index in [1.807, 2.05) is 0 Å². The van der Waals surface area contributed by atoms with Crippen molar-refractivity contribution >= 4 is 11.6 Å². The maximum Gasteiger partial charge on any atom is 0.311 e. The van der Waals surface area contributed by atoms with Crippen LogP contribution in [0, 0.1) is 10.1 Å². The van der Waals surface area contributed by atoms with E-state index in [2.05, 4.69) is 0 Å². The van der Waals surface area contributed by atoms with Gasteiger partial charge in [0.25, 0.3) is 5.91 Å². The highest BCUT2D eigenvalue weighted by molar-refractivity contribution is 5.98. The Hall–Kier alpha value is -2.15. The maximum absolute atomic E-state index is 12.5. The normalized spacial score (nSPS) is 20.1. The highest BCUT2D eigenvalue weighted by Crippen LogP contribution is 2.39. The molecule has 3 rings (SSSR count). The summed E-state index contributed by atoms with van der Waals surface area (Å²) in [7, 11) is 0. The van der Waals surface area contributed by atoms with Crippen LogP contribution in [0.1, 0.15) is 29.6 Å². The van der Waals surface area contributed by atoms with Crippen molar-refractivity contribution in [3.63, 3.8) is 0 Å². The number of nitro benzene ring substituents is 1. The molecule has 0 radical (unpaired) electrons. The molecule has 1 amide bonds. The van der Waals surface area contributed by atoms with Gasteiger partial charge in [-0.2, -0.15) is 0 Å². The lowest BCUT2D eigenvalue weighted by Gasteiger charge is -2.48. The Morgan fingerprint density at radius 2 is 2.19 bits per heavy atom. The molecule has 112 valence electrons. The fourth-order valence-corrected chi connectivity index (χ4v) is 2.91. The van der Waals surface area contributed by atoms with Crippen molar-refractivity contribution in [2.45, 2.75) is 24.9 Å². The van der Waals surface area contributed by atoms with Gasteiger partial charge in [-0.3, -0.25) is 14.9 Å². The van der Waals surface area contributed by atoms with Crippen molar-refractivity contribution in [1.29, 1.82) is 0 Å². The SMILES string of the molecule is O=C(c1cccc([N+](=O)[O-])c1O)N1CCOC2(CCC2)C1. The van der Waals surface area contributed by atoms with Crippen LogP contribution in [0.2, 0.25) is 0 Å². The topological polar surface area (TPSA) is 92.9 Å². The third kappa shape index (κ3) is 2.33. The van der Waals surface area contributed by atoms with Gasteiger partial charge in [-0.15, -0.1) is 0 Å². The van der Waals surface area contributed by atoms with E-state index in [1.54, 1.807) is 4.90 Å². The first-order valence-electron chi connectivity index (χ1n) is 6.92. The molecule has 1 aliphatic carbocycles. The monoisotopic (exact) mass is 292 g/mol. The van der Waals surface area contributed by atoms with E-state index in [0.717, 1.165) is 19.3 Å². The van der Waals surface area contributed by atoms with E-state index in [0.29, 0.717) is 19.7 Å². The van der Waals surface area contributed by atoms with Crippen LogP contribution in [0.5, 0.6) is 5.75 Å². The summed E-state index contributed by atoms with van der Waals surface area (Å²) < 4.78 is 5.75. The Balaban J connectivity index is 1.85. The molecule has 1 spiro atoms. The number of para-hydroxylation sites is 1. The van der Waals surface area contributed by atoms with Crippen LogP contribution in [0.4, 0.5) is 5.69 Å². The highest BCUT2D eigenvalue weighted by Gasteiger charge is 2.43. The largest absolute Gasteiger partial charge is 0.502 e. The molecule has 1 aromatic rings. The zero-order chi connectivity index (χ0) is 15.0. The molecule has 1 aliphatic heterocycles. The van der Waals surface area contributed by atoms with Crippen LogP contribution >= 0.6 is 0 Å². The molecule has 21 heavy (non-hydrogen) atoms. The maximum atomic E-state index is 12.5. The zero-order valence-corrected chi connectivity index (χ0v) is 11.4. The smallest absolute Gasteiger partial charge is 0.311 e. The van der Waals surface area contributed by atoms with Crippen molar-refractivity contribution < 1.29 is 19.6 Å². The van der Waals surface area contributed by atoms with Crippen LogP contribution in [0.15, 0.2) is 18.2 Å². The number of rotatable bonds is 2. The lowest BCUT2D eigenvalue weighted by atomic mass is 9.79. The predicted octanol–water partition coefficient (Wildman–Crippen LogP) is 1.70. The fourth-order valence-electron chi connectivity index (χ4n) is 2.91. The average Bonchev–Trinajstić information content (AvgIpc) is 2.45. The highest BCUT2D eigenvalue weighted by atomic mass is 16.6. The van der Waals surface area contributed by atoms with Crippen molar-refractivity contribution in [1.82, 2.24) is 4.90 Å². The molecule has 2 aliphatic rings. The standard InChI is InChI=1S/C14H16N2O5/c17-12-10(3-1-4-11(12)16(19)20)13(18)15-7-8-21-14(9-15)5-2-6-14/h1,3-4,17H,2,5-9H2. The molecular weight excluding hydrogens is 276 g/mol. The Morgan fingerprint density at radius 3 is 2.81 bits per heavy atom. The third-order valence-electron chi connectivity index (χ3n) is 4.24. The first-order valence-corrected chi connectivity index (χ1v) is 6.92. The van der Waals surface area contributed by atoms with Gasteiger partial charge in [0.1, 0.15) is 0 Å². The van der Waals surface area contributed by atoms with Crippen molar-refractivity contribution in [3.05, 3.63) is 33.9 Å². The summed E-state index contributed by atoms with van der Waals surface area (Å²) in [5, 5.41) is 20.8. The average molecular weight is 292 g/mol. The first-order chi connectivity index (χ1) is 10.0. The second-order valence-electron chi connectivity index (χ2n) is 5.54. The minimum absolute atomic E-state index is 0.0272. The predicted molar refractivity (Wildman–Crippen MR) is 73.2 cm³/mol. The number of morpholine rings is 1. The molecule has 2 fully saturated rings. The van der Waals surface area contributed by atoms with E-state index < -0.39 is 16.4 Å². The van der Waals surface area contributed by atoms with Crippen molar-refractivity contribution in [2.75, 3.05) is 19.7 Å². The van der Waals surface area contributed by atoms with Gasteiger partial charge in [0.05, 0.1) is 29.2 Å². The lowest BCUT2D eigenvalue weighted by molar-refractivity contribution is -0.385. The van der Waals surface area contributed by atoms with E-state index in [4.69, 9.17) is 4.74 Å². The zero-order valence-electron chi connectivity index (χ0n) is 11.4. The van der Waals surface area contributed by atoms with Gasteiger partial charge in [-0.05, 0) is 25.3 Å². The number of phenols is 1. The molecule has 1 heterocycles. The van der Waals surface area contributed by atoms with Crippen LogP contribution in [-0.4, -0.2) is 46.1 Å². The minimum atomic E-state index is -0.696. The van der Waals surface area contributed by atoms with Gasteiger partial charge >= 0.3 is 5.69 Å².